The fraction of sp³-hybridized carbons (Fsp3) is 0.577. The second kappa shape index (κ2) is 9.80. The van der Waals surface area contributed by atoms with E-state index in [9.17, 15) is 14.0 Å². The largest absolute Gasteiger partial charge is 0.383 e. The Balaban J connectivity index is 1.22. The Morgan fingerprint density at radius 2 is 1.86 bits per heavy atom. The minimum absolute atomic E-state index is 0.0558. The smallest absolute Gasteiger partial charge is 0.261 e. The third kappa shape index (κ3) is 4.90. The van der Waals surface area contributed by atoms with E-state index < -0.39 is 5.82 Å². The van der Waals surface area contributed by atoms with Crippen LogP contribution in [0.25, 0.3) is 0 Å². The van der Waals surface area contributed by atoms with Crippen molar-refractivity contribution in [1.29, 1.82) is 0 Å². The summed E-state index contributed by atoms with van der Waals surface area (Å²) in [5.74, 6) is 1.70. The second-order valence-corrected chi connectivity index (χ2v) is 11.0. The zero-order chi connectivity index (χ0) is 24.7. The van der Waals surface area contributed by atoms with Gasteiger partial charge in [0, 0.05) is 31.1 Å². The highest BCUT2D eigenvalue weighted by Crippen LogP contribution is 2.53. The highest BCUT2D eigenvalue weighted by atomic mass is 35.5. The molecular formula is C26H33ClFN5O2. The maximum atomic E-state index is 13.5. The van der Waals surface area contributed by atoms with E-state index in [2.05, 4.69) is 15.7 Å². The summed E-state index contributed by atoms with van der Waals surface area (Å²) in [7, 11) is 1.74. The van der Waals surface area contributed by atoms with Gasteiger partial charge in [-0.2, -0.15) is 5.10 Å². The first-order chi connectivity index (χ1) is 16.8. The minimum atomic E-state index is -0.542. The molecule has 3 aliphatic rings. The number of hydrogen-bond acceptors (Lipinski definition) is 4. The monoisotopic (exact) mass is 501 g/mol. The summed E-state index contributed by atoms with van der Waals surface area (Å²) in [4.78, 5) is 25.5. The van der Waals surface area contributed by atoms with Crippen molar-refractivity contribution in [2.24, 2.45) is 30.7 Å². The number of halogens is 2. The molecular weight excluding hydrogens is 469 g/mol. The number of carbonyl (C=O) groups excluding carboxylic acids is 2. The van der Waals surface area contributed by atoms with Crippen LogP contribution in [0.5, 0.6) is 0 Å². The van der Waals surface area contributed by atoms with Gasteiger partial charge in [-0.05, 0) is 74.5 Å². The van der Waals surface area contributed by atoms with Crippen LogP contribution in [0.3, 0.4) is 0 Å². The molecule has 3 saturated carbocycles. The molecule has 2 unspecified atom stereocenters. The van der Waals surface area contributed by atoms with Gasteiger partial charge in [0.1, 0.15) is 17.2 Å². The van der Waals surface area contributed by atoms with Crippen LogP contribution in [-0.2, 0) is 11.8 Å². The van der Waals surface area contributed by atoms with Gasteiger partial charge in [-0.25, -0.2) is 4.39 Å². The Hall–Kier alpha value is -2.61. The Morgan fingerprint density at radius 3 is 2.51 bits per heavy atom. The zero-order valence-corrected chi connectivity index (χ0v) is 20.8. The average Bonchev–Trinajstić information content (AvgIpc) is 3.59. The third-order valence-corrected chi connectivity index (χ3v) is 8.60. The molecule has 4 N–H and O–H groups in total. The summed E-state index contributed by atoms with van der Waals surface area (Å²) in [6.45, 7) is 0.775. The van der Waals surface area contributed by atoms with E-state index in [1.807, 2.05) is 0 Å². The molecule has 3 aliphatic carbocycles. The lowest BCUT2D eigenvalue weighted by Gasteiger charge is -2.17. The van der Waals surface area contributed by atoms with Crippen LogP contribution >= 0.6 is 11.6 Å². The molecule has 1 heterocycles. The molecule has 3 fully saturated rings. The van der Waals surface area contributed by atoms with Gasteiger partial charge in [0.05, 0.1) is 10.7 Å². The van der Waals surface area contributed by atoms with Gasteiger partial charge in [0.2, 0.25) is 5.91 Å². The molecule has 2 atom stereocenters. The summed E-state index contributed by atoms with van der Waals surface area (Å²) in [5, 5.41) is 10.6. The Kier molecular flexibility index (Phi) is 6.75. The summed E-state index contributed by atoms with van der Waals surface area (Å²) < 4.78 is 15.0. The molecule has 0 spiro atoms. The van der Waals surface area contributed by atoms with Crippen molar-refractivity contribution in [2.75, 3.05) is 17.6 Å². The van der Waals surface area contributed by atoms with Crippen molar-refractivity contribution >= 4 is 34.9 Å². The molecule has 35 heavy (non-hydrogen) atoms. The van der Waals surface area contributed by atoms with Crippen LogP contribution in [0.15, 0.2) is 18.2 Å². The number of nitrogens with zero attached hydrogens (tertiary/aromatic N) is 2. The van der Waals surface area contributed by atoms with Gasteiger partial charge in [-0.15, -0.1) is 0 Å². The van der Waals surface area contributed by atoms with Crippen LogP contribution in [-0.4, -0.2) is 28.1 Å². The summed E-state index contributed by atoms with van der Waals surface area (Å²) in [6, 6.07) is 4.07. The maximum absolute atomic E-state index is 13.5. The zero-order valence-electron chi connectivity index (χ0n) is 20.0. The van der Waals surface area contributed by atoms with E-state index in [0.29, 0.717) is 34.8 Å². The van der Waals surface area contributed by atoms with E-state index in [1.165, 1.54) is 31.0 Å². The second-order valence-electron chi connectivity index (χ2n) is 10.6. The molecule has 7 nitrogen and oxygen atoms in total. The molecule has 0 aliphatic heterocycles. The molecule has 5 rings (SSSR count). The first-order valence-corrected chi connectivity index (χ1v) is 13.0. The standard InChI is InChI=1S/C26H33ClFN5O2/c1-33-24(29)22(26(35)31-19-6-7-21(28)20(27)12-19)23(32-33)18-10-16-8-14(9-17(16)11-18)13-30-25(34)15-4-2-3-5-15/h6-7,12,14-18H,2-5,8-11,13,29H2,1H3,(H,30,34)(H,31,35). The van der Waals surface area contributed by atoms with E-state index in [4.69, 9.17) is 17.3 Å². The van der Waals surface area contributed by atoms with Gasteiger partial charge in [-0.3, -0.25) is 14.3 Å². The van der Waals surface area contributed by atoms with Gasteiger partial charge in [-0.1, -0.05) is 24.4 Å². The third-order valence-electron chi connectivity index (χ3n) is 8.31. The number of carbonyl (C=O) groups is 2. The van der Waals surface area contributed by atoms with E-state index >= 15 is 0 Å². The molecule has 0 bridgehead atoms. The van der Waals surface area contributed by atoms with E-state index in [1.54, 1.807) is 11.7 Å². The molecule has 1 aromatic carbocycles. The highest BCUT2D eigenvalue weighted by molar-refractivity contribution is 6.31. The highest BCUT2D eigenvalue weighted by Gasteiger charge is 2.44. The lowest BCUT2D eigenvalue weighted by Crippen LogP contribution is -2.33. The Bertz CT molecular complexity index is 1120. The predicted octanol–water partition coefficient (Wildman–Crippen LogP) is 4.87. The number of amides is 2. The fourth-order valence-corrected chi connectivity index (χ4v) is 6.73. The predicted molar refractivity (Wildman–Crippen MR) is 134 cm³/mol. The number of fused-ring (bicyclic) bond motifs is 1. The van der Waals surface area contributed by atoms with Crippen molar-refractivity contribution in [1.82, 2.24) is 15.1 Å². The molecule has 0 radical (unpaired) electrons. The summed E-state index contributed by atoms with van der Waals surface area (Å²) in [5.41, 5.74) is 7.77. The van der Waals surface area contributed by atoms with Crippen LogP contribution < -0.4 is 16.4 Å². The number of benzene rings is 1. The Labute approximate surface area is 210 Å². The first-order valence-electron chi connectivity index (χ1n) is 12.7. The quantitative estimate of drug-likeness (QED) is 0.525. The van der Waals surface area contributed by atoms with Crippen molar-refractivity contribution in [2.45, 2.75) is 57.3 Å². The molecule has 9 heteroatoms. The van der Waals surface area contributed by atoms with Crippen molar-refractivity contribution in [3.8, 4) is 0 Å². The number of nitrogens with one attached hydrogen (secondary N) is 2. The topological polar surface area (TPSA) is 102 Å². The number of rotatable bonds is 6. The number of aromatic nitrogens is 2. The van der Waals surface area contributed by atoms with Gasteiger partial charge >= 0.3 is 0 Å². The lowest BCUT2D eigenvalue weighted by molar-refractivity contribution is -0.125. The summed E-state index contributed by atoms with van der Waals surface area (Å²) in [6.07, 6.45) is 8.54. The lowest BCUT2D eigenvalue weighted by atomic mass is 9.93. The van der Waals surface area contributed by atoms with Gasteiger partial charge in [0.15, 0.2) is 0 Å². The average molecular weight is 502 g/mol. The normalized spacial score (nSPS) is 26.1. The maximum Gasteiger partial charge on any atom is 0.261 e. The van der Waals surface area contributed by atoms with E-state index in [0.717, 1.165) is 50.8 Å². The van der Waals surface area contributed by atoms with Crippen LogP contribution in [0.2, 0.25) is 5.02 Å². The number of nitrogens with two attached hydrogens (primary N) is 1. The number of anilines is 2. The SMILES string of the molecule is Cn1nc(C2CC3CC(CNC(=O)C4CCCC4)CC3C2)c(C(=O)Nc2ccc(F)c(Cl)c2)c1N. The van der Waals surface area contributed by atoms with Crippen LogP contribution in [0, 0.1) is 29.5 Å². The number of hydrogen-bond donors (Lipinski definition) is 3. The molecule has 2 amide bonds. The van der Waals surface area contributed by atoms with Gasteiger partial charge < -0.3 is 16.4 Å². The molecule has 2 aromatic rings. The Morgan fingerprint density at radius 1 is 1.17 bits per heavy atom. The van der Waals surface area contributed by atoms with Crippen molar-refractivity contribution < 1.29 is 14.0 Å². The van der Waals surface area contributed by atoms with Gasteiger partial charge in [0.25, 0.3) is 5.91 Å². The minimum Gasteiger partial charge on any atom is -0.383 e. The summed E-state index contributed by atoms with van der Waals surface area (Å²) >= 11 is 5.86. The number of nitrogen functional groups attached to an aromatic ring is 1. The number of aryl methyl sites for hydroxylation is 1. The van der Waals surface area contributed by atoms with Crippen molar-refractivity contribution in [3.63, 3.8) is 0 Å². The molecule has 1 aromatic heterocycles. The molecule has 188 valence electrons. The van der Waals surface area contributed by atoms with Crippen LogP contribution in [0.1, 0.15) is 73.3 Å². The first kappa shape index (κ1) is 24.1. The van der Waals surface area contributed by atoms with E-state index in [-0.39, 0.29) is 28.7 Å². The fourth-order valence-electron chi connectivity index (χ4n) is 6.55. The van der Waals surface area contributed by atoms with Crippen LogP contribution in [0.4, 0.5) is 15.9 Å². The van der Waals surface area contributed by atoms with Crippen molar-refractivity contribution in [3.05, 3.63) is 40.3 Å². The molecule has 0 saturated heterocycles.